The van der Waals surface area contributed by atoms with Crippen LogP contribution in [-0.4, -0.2) is 22.3 Å². The lowest BCUT2D eigenvalue weighted by Crippen LogP contribution is -2.31. The van der Waals surface area contributed by atoms with Gasteiger partial charge in [-0.1, -0.05) is 49.0 Å². The molecule has 0 amide bonds. The highest BCUT2D eigenvalue weighted by Crippen LogP contribution is 2.29. The molecule has 0 aliphatic carbocycles. The molecule has 0 unspecified atom stereocenters. The Morgan fingerprint density at radius 1 is 1.11 bits per heavy atom. The van der Waals surface area contributed by atoms with E-state index < -0.39 is 0 Å². The number of hydrazone groups is 1. The average Bonchev–Trinajstić information content (AvgIpc) is 2.82. The van der Waals surface area contributed by atoms with Crippen molar-refractivity contribution in [3.05, 3.63) is 58.7 Å². The molecule has 0 atom stereocenters. The second kappa shape index (κ2) is 9.80. The summed E-state index contributed by atoms with van der Waals surface area (Å²) in [6, 6.07) is 9.25. The van der Waals surface area contributed by atoms with Crippen molar-refractivity contribution in [2.45, 2.75) is 38.5 Å². The molecule has 2 heterocycles. The number of amidine groups is 1. The van der Waals surface area contributed by atoms with E-state index in [1.54, 1.807) is 6.20 Å². The molecule has 1 saturated heterocycles. The number of nitrogens with two attached hydrogens (primary N) is 1. The van der Waals surface area contributed by atoms with E-state index in [2.05, 4.69) is 26.9 Å². The van der Waals surface area contributed by atoms with E-state index in [1.165, 1.54) is 19.3 Å². The van der Waals surface area contributed by atoms with E-state index in [4.69, 9.17) is 29.0 Å². The molecular weight excluding hydrogens is 393 g/mol. The molecule has 3 rings (SSSR count). The molecule has 0 spiro atoms. The van der Waals surface area contributed by atoms with Crippen LogP contribution in [0.5, 0.6) is 0 Å². The summed E-state index contributed by atoms with van der Waals surface area (Å²) in [7, 11) is 0. The van der Waals surface area contributed by atoms with Gasteiger partial charge in [-0.3, -0.25) is 0 Å². The lowest BCUT2D eigenvalue weighted by atomic mass is 10.1. The lowest BCUT2D eigenvalue weighted by Gasteiger charge is -2.27. The van der Waals surface area contributed by atoms with Gasteiger partial charge in [0.25, 0.3) is 0 Å². The van der Waals surface area contributed by atoms with Crippen molar-refractivity contribution in [2.24, 2.45) is 10.9 Å². The zero-order chi connectivity index (χ0) is 19.9. The minimum absolute atomic E-state index is 0.518. The maximum atomic E-state index is 6.48. The number of pyridine rings is 1. The lowest BCUT2D eigenvalue weighted by molar-refractivity contribution is 0.530. The van der Waals surface area contributed by atoms with Crippen molar-refractivity contribution < 1.29 is 0 Å². The van der Waals surface area contributed by atoms with Crippen LogP contribution in [0.2, 0.25) is 10.0 Å². The predicted octanol–water partition coefficient (Wildman–Crippen LogP) is 6.03. The van der Waals surface area contributed by atoms with Crippen LogP contribution in [0, 0.1) is 0 Å². The normalized spacial score (nSPS) is 16.9. The second-order valence-corrected chi connectivity index (χ2v) is 7.69. The Kier molecular flexibility index (Phi) is 7.18. The Labute approximate surface area is 176 Å². The predicted molar refractivity (Wildman–Crippen MR) is 119 cm³/mol. The summed E-state index contributed by atoms with van der Waals surface area (Å²) >= 11 is 12.4. The van der Waals surface area contributed by atoms with E-state index in [0.717, 1.165) is 48.6 Å². The van der Waals surface area contributed by atoms with Crippen LogP contribution in [0.15, 0.2) is 48.2 Å². The van der Waals surface area contributed by atoms with Crippen molar-refractivity contribution in [3.63, 3.8) is 0 Å². The number of nitrogens with one attached hydrogen (secondary N) is 1. The largest absolute Gasteiger partial charge is 0.339 e. The van der Waals surface area contributed by atoms with E-state index >= 15 is 0 Å². The third kappa shape index (κ3) is 5.18. The van der Waals surface area contributed by atoms with Gasteiger partial charge in [0.1, 0.15) is 11.7 Å². The average molecular weight is 418 g/mol. The summed E-state index contributed by atoms with van der Waals surface area (Å²) < 4.78 is 0. The molecule has 1 aromatic carbocycles. The number of aromatic nitrogens is 1. The molecule has 1 aliphatic rings. The molecule has 1 fully saturated rings. The van der Waals surface area contributed by atoms with E-state index in [0.29, 0.717) is 15.9 Å². The fraction of sp³-hybridized carbons (Fsp3) is 0.333. The van der Waals surface area contributed by atoms with Gasteiger partial charge >= 0.3 is 0 Å². The zero-order valence-electron chi connectivity index (χ0n) is 15.8. The van der Waals surface area contributed by atoms with Gasteiger partial charge in [0.2, 0.25) is 0 Å². The Hall–Kier alpha value is -2.24. The van der Waals surface area contributed by atoms with Crippen LogP contribution < -0.4 is 11.2 Å². The first kappa shape index (κ1) is 20.5. The number of benzene rings is 1. The minimum atomic E-state index is 0.518. The van der Waals surface area contributed by atoms with E-state index in [1.807, 2.05) is 30.3 Å². The van der Waals surface area contributed by atoms with Crippen molar-refractivity contribution in [2.75, 3.05) is 11.9 Å². The molecule has 148 valence electrons. The molecule has 3 N–H and O–H groups in total. The van der Waals surface area contributed by atoms with Crippen LogP contribution in [0.4, 0.5) is 11.5 Å². The van der Waals surface area contributed by atoms with Crippen molar-refractivity contribution in [3.8, 4) is 0 Å². The molecule has 1 aliphatic heterocycles. The smallest absolute Gasteiger partial charge is 0.149 e. The number of hydrogen-bond donors (Lipinski definition) is 2. The van der Waals surface area contributed by atoms with Crippen molar-refractivity contribution in [1.82, 2.24) is 9.88 Å². The van der Waals surface area contributed by atoms with Crippen LogP contribution in [0.3, 0.4) is 0 Å². The maximum Gasteiger partial charge on any atom is 0.149 e. The van der Waals surface area contributed by atoms with Crippen LogP contribution in [0.25, 0.3) is 5.70 Å². The molecule has 0 radical (unpaired) electrons. The third-order valence-electron chi connectivity index (χ3n) is 4.85. The highest BCUT2D eigenvalue weighted by Gasteiger charge is 2.18. The van der Waals surface area contributed by atoms with Gasteiger partial charge in [-0.25, -0.2) is 4.98 Å². The molecule has 1 aromatic heterocycles. The monoisotopic (exact) mass is 417 g/mol. The molecule has 28 heavy (non-hydrogen) atoms. The van der Waals surface area contributed by atoms with Crippen LogP contribution >= 0.6 is 23.2 Å². The molecule has 5 nitrogen and oxygen atoms in total. The first-order valence-corrected chi connectivity index (χ1v) is 10.3. The number of hydrogen-bond acceptors (Lipinski definition) is 4. The van der Waals surface area contributed by atoms with Gasteiger partial charge in [-0.05, 0) is 43.2 Å². The molecular formula is C21H25Cl2N5. The molecule has 2 aromatic rings. The zero-order valence-corrected chi connectivity index (χ0v) is 17.3. The Bertz CT molecular complexity index is 848. The van der Waals surface area contributed by atoms with Crippen LogP contribution in [-0.2, 0) is 0 Å². The van der Waals surface area contributed by atoms with Gasteiger partial charge in [-0.15, -0.1) is 0 Å². The van der Waals surface area contributed by atoms with E-state index in [9.17, 15) is 0 Å². The van der Waals surface area contributed by atoms with Crippen molar-refractivity contribution >= 4 is 46.2 Å². The van der Waals surface area contributed by atoms with Gasteiger partial charge in [0.05, 0.1) is 5.02 Å². The van der Waals surface area contributed by atoms with Gasteiger partial charge in [0, 0.05) is 41.1 Å². The Balaban J connectivity index is 1.79. The topological polar surface area (TPSA) is 66.5 Å². The summed E-state index contributed by atoms with van der Waals surface area (Å²) in [5.74, 6) is 7.12. The number of halogens is 2. The standard InChI is InChI=1S/C21H25Cl2N5/c1-15(28-12-6-4-2-3-5-7-20(28)27-24)16-13-19(23)21(25-14-16)26-18-10-8-17(22)9-11-18/h8-11,13-14H,1-7,12,24H2,(H,25,26)/b27-20-. The summed E-state index contributed by atoms with van der Waals surface area (Å²) in [5.41, 5.74) is 2.54. The number of rotatable bonds is 4. The fourth-order valence-electron chi connectivity index (χ4n) is 3.29. The number of anilines is 2. The first-order chi connectivity index (χ1) is 13.6. The minimum Gasteiger partial charge on any atom is -0.339 e. The van der Waals surface area contributed by atoms with Crippen molar-refractivity contribution in [1.29, 1.82) is 0 Å². The molecule has 0 saturated carbocycles. The summed E-state index contributed by atoms with van der Waals surface area (Å²) in [5, 5.41) is 8.43. The first-order valence-electron chi connectivity index (χ1n) is 9.50. The Morgan fingerprint density at radius 2 is 1.82 bits per heavy atom. The second-order valence-electron chi connectivity index (χ2n) is 6.85. The summed E-state index contributed by atoms with van der Waals surface area (Å²) in [6.07, 6.45) is 8.44. The molecule has 0 bridgehead atoms. The van der Waals surface area contributed by atoms with E-state index in [-0.39, 0.29) is 0 Å². The quantitative estimate of drug-likeness (QED) is 0.470. The fourth-order valence-corrected chi connectivity index (χ4v) is 3.63. The van der Waals surface area contributed by atoms with Gasteiger partial charge < -0.3 is 16.1 Å². The SMILES string of the molecule is C=C(c1cnc(Nc2ccc(Cl)cc2)c(Cl)c1)N1CCCCCCC/C1=N/N. The van der Waals surface area contributed by atoms with Gasteiger partial charge in [-0.2, -0.15) is 5.10 Å². The van der Waals surface area contributed by atoms with Gasteiger partial charge in [0.15, 0.2) is 0 Å². The highest BCUT2D eigenvalue weighted by atomic mass is 35.5. The molecule has 7 heteroatoms. The third-order valence-corrected chi connectivity index (χ3v) is 5.39. The summed E-state index contributed by atoms with van der Waals surface area (Å²) in [6.45, 7) is 5.11. The number of nitrogens with zero attached hydrogens (tertiary/aromatic N) is 3. The van der Waals surface area contributed by atoms with Crippen LogP contribution in [0.1, 0.15) is 44.1 Å². The highest BCUT2D eigenvalue weighted by molar-refractivity contribution is 6.33. The Morgan fingerprint density at radius 3 is 2.54 bits per heavy atom. The summed E-state index contributed by atoms with van der Waals surface area (Å²) in [4.78, 5) is 6.59. The maximum absolute atomic E-state index is 6.48.